The number of hydrogen-bond donors (Lipinski definition) is 0. The SMILES string of the molecule is C1C2C3C4C1C1C4C4C1C1C2C3C14. The van der Waals surface area contributed by atoms with Gasteiger partial charge in [-0.1, -0.05) is 0 Å². The Kier molecular flexibility index (Phi) is 0.423. The van der Waals surface area contributed by atoms with E-state index >= 15 is 0 Å². The summed E-state index contributed by atoms with van der Waals surface area (Å²) in [5.74, 6) is 15.8. The molecule has 0 saturated heterocycles. The van der Waals surface area contributed by atoms with E-state index in [9.17, 15) is 0 Å². The fourth-order valence-electron chi connectivity index (χ4n) is 8.66. The third-order valence-corrected chi connectivity index (χ3v) is 8.30. The third kappa shape index (κ3) is 0.231. The molecule has 7 aliphatic rings. The lowest BCUT2D eigenvalue weighted by molar-refractivity contribution is -0.454. The van der Waals surface area contributed by atoms with Crippen molar-refractivity contribution in [2.75, 3.05) is 0 Å². The normalized spacial score (nSPS) is 102. The summed E-state index contributed by atoms with van der Waals surface area (Å²) in [6, 6.07) is 0. The van der Waals surface area contributed by atoms with Crippen LogP contribution in [0.2, 0.25) is 0 Å². The van der Waals surface area contributed by atoms with Crippen molar-refractivity contribution in [3.05, 3.63) is 0 Å². The molecule has 0 spiro atoms. The van der Waals surface area contributed by atoms with Crippen LogP contribution in [0.1, 0.15) is 6.42 Å². The zero-order chi connectivity index (χ0) is 7.64. The standard InChI is InChI=1S/C13H14/c1-2-4-5-3(1)7-9(5)13-11(7)10-6(2)8(4)12(10)13/h2-13H,1H2. The van der Waals surface area contributed by atoms with Gasteiger partial charge in [0.05, 0.1) is 0 Å². The van der Waals surface area contributed by atoms with Gasteiger partial charge >= 0.3 is 0 Å². The molecule has 0 N–H and O–H groups in total. The first-order chi connectivity index (χ1) is 6.48. The van der Waals surface area contributed by atoms with E-state index < -0.39 is 0 Å². The molecule has 0 heterocycles. The Hall–Kier alpha value is 0. The molecule has 0 aromatic carbocycles. The van der Waals surface area contributed by atoms with Gasteiger partial charge < -0.3 is 0 Å². The summed E-state index contributed by atoms with van der Waals surface area (Å²) in [5.41, 5.74) is 0. The molecule has 0 amide bonds. The van der Waals surface area contributed by atoms with Crippen molar-refractivity contribution in [2.24, 2.45) is 71.0 Å². The van der Waals surface area contributed by atoms with Gasteiger partial charge in [-0.3, -0.25) is 0 Å². The predicted octanol–water partition coefficient (Wildman–Crippen LogP) is 1.87. The van der Waals surface area contributed by atoms with Crippen molar-refractivity contribution in [3.63, 3.8) is 0 Å². The Balaban J connectivity index is 1.66. The van der Waals surface area contributed by atoms with Crippen molar-refractivity contribution in [1.82, 2.24) is 0 Å². The summed E-state index contributed by atoms with van der Waals surface area (Å²) in [6.45, 7) is 0. The van der Waals surface area contributed by atoms with Crippen LogP contribution in [0.3, 0.4) is 0 Å². The second-order valence-electron chi connectivity index (χ2n) is 7.34. The van der Waals surface area contributed by atoms with E-state index in [1.807, 2.05) is 0 Å². The van der Waals surface area contributed by atoms with Crippen molar-refractivity contribution < 1.29 is 0 Å². The quantitative estimate of drug-likeness (QED) is 0.520. The van der Waals surface area contributed by atoms with Gasteiger partial charge in [0.15, 0.2) is 0 Å². The Morgan fingerprint density at radius 2 is 0.692 bits per heavy atom. The van der Waals surface area contributed by atoms with E-state index in [1.165, 1.54) is 71.0 Å². The van der Waals surface area contributed by atoms with Gasteiger partial charge in [-0.15, -0.1) is 0 Å². The van der Waals surface area contributed by atoms with Crippen LogP contribution in [-0.2, 0) is 0 Å². The van der Waals surface area contributed by atoms with Gasteiger partial charge in [0.1, 0.15) is 0 Å². The second-order valence-corrected chi connectivity index (χ2v) is 7.34. The van der Waals surface area contributed by atoms with Crippen LogP contribution in [0, 0.1) is 71.0 Å². The number of rotatable bonds is 0. The molecule has 0 heteroatoms. The minimum atomic E-state index is 1.29. The zero-order valence-electron chi connectivity index (χ0n) is 7.64. The molecule has 7 saturated carbocycles. The Morgan fingerprint density at radius 3 is 1.23 bits per heavy atom. The van der Waals surface area contributed by atoms with Crippen LogP contribution in [0.4, 0.5) is 0 Å². The lowest BCUT2D eigenvalue weighted by atomic mass is 9.12. The highest BCUT2D eigenvalue weighted by atomic mass is 15.0. The molecule has 7 aliphatic carbocycles. The van der Waals surface area contributed by atoms with Crippen LogP contribution in [0.15, 0.2) is 0 Å². The molecule has 0 nitrogen and oxygen atoms in total. The van der Waals surface area contributed by atoms with E-state index in [2.05, 4.69) is 0 Å². The molecule has 0 bridgehead atoms. The van der Waals surface area contributed by atoms with E-state index in [0.29, 0.717) is 0 Å². The first-order valence-corrected chi connectivity index (χ1v) is 6.48. The van der Waals surface area contributed by atoms with Gasteiger partial charge in [-0.05, 0) is 77.4 Å². The fraction of sp³-hybridized carbons (Fsp3) is 1.00. The van der Waals surface area contributed by atoms with Gasteiger partial charge in [-0.25, -0.2) is 0 Å². The molecule has 0 aromatic heterocycles. The van der Waals surface area contributed by atoms with E-state index in [4.69, 9.17) is 0 Å². The molecular weight excluding hydrogens is 156 g/mol. The smallest absolute Gasteiger partial charge is 0.0312 e. The molecular formula is C13H14. The molecule has 12 atom stereocenters. The molecule has 13 heavy (non-hydrogen) atoms. The summed E-state index contributed by atoms with van der Waals surface area (Å²) >= 11 is 0. The summed E-state index contributed by atoms with van der Waals surface area (Å²) in [6.07, 6.45) is 1.71. The molecule has 66 valence electrons. The van der Waals surface area contributed by atoms with Crippen LogP contribution in [0.5, 0.6) is 0 Å². The topological polar surface area (TPSA) is 0 Å². The monoisotopic (exact) mass is 170 g/mol. The van der Waals surface area contributed by atoms with Crippen molar-refractivity contribution in [3.8, 4) is 0 Å². The predicted molar refractivity (Wildman–Crippen MR) is 46.5 cm³/mol. The Bertz CT molecular complexity index is 312. The van der Waals surface area contributed by atoms with Gasteiger partial charge in [0.25, 0.3) is 0 Å². The minimum absolute atomic E-state index is 1.29. The van der Waals surface area contributed by atoms with Crippen molar-refractivity contribution in [2.45, 2.75) is 6.42 Å². The van der Waals surface area contributed by atoms with E-state index in [0.717, 1.165) is 0 Å². The average Bonchev–Trinajstić information content (AvgIpc) is 2.33. The lowest BCUT2D eigenvalue weighted by Crippen LogP contribution is -2.89. The molecule has 0 radical (unpaired) electrons. The van der Waals surface area contributed by atoms with E-state index in [1.54, 1.807) is 6.42 Å². The van der Waals surface area contributed by atoms with Crippen LogP contribution in [0.25, 0.3) is 0 Å². The second kappa shape index (κ2) is 1.06. The maximum Gasteiger partial charge on any atom is -0.0312 e. The highest BCUT2D eigenvalue weighted by Crippen LogP contribution is 2.97. The summed E-state index contributed by atoms with van der Waals surface area (Å²) in [5, 5.41) is 0. The van der Waals surface area contributed by atoms with E-state index in [-0.39, 0.29) is 0 Å². The van der Waals surface area contributed by atoms with Crippen LogP contribution >= 0.6 is 0 Å². The molecule has 12 unspecified atom stereocenters. The maximum absolute atomic E-state index is 1.71. The number of hydrogen-bond acceptors (Lipinski definition) is 0. The fourth-order valence-corrected chi connectivity index (χ4v) is 8.66. The highest BCUT2D eigenvalue weighted by Gasteiger charge is 2.93. The summed E-state index contributed by atoms with van der Waals surface area (Å²) in [7, 11) is 0. The first kappa shape index (κ1) is 5.19. The van der Waals surface area contributed by atoms with Gasteiger partial charge in [0, 0.05) is 0 Å². The van der Waals surface area contributed by atoms with Gasteiger partial charge in [0.2, 0.25) is 0 Å². The Morgan fingerprint density at radius 1 is 0.385 bits per heavy atom. The zero-order valence-corrected chi connectivity index (χ0v) is 7.64. The third-order valence-electron chi connectivity index (χ3n) is 8.30. The first-order valence-electron chi connectivity index (χ1n) is 6.48. The molecule has 0 aliphatic heterocycles. The Labute approximate surface area is 78.1 Å². The van der Waals surface area contributed by atoms with Gasteiger partial charge in [-0.2, -0.15) is 0 Å². The highest BCUT2D eigenvalue weighted by molar-refractivity contribution is 5.40. The molecule has 7 rings (SSSR count). The summed E-state index contributed by atoms with van der Waals surface area (Å²) in [4.78, 5) is 0. The van der Waals surface area contributed by atoms with Crippen LogP contribution < -0.4 is 0 Å². The van der Waals surface area contributed by atoms with Crippen molar-refractivity contribution in [1.29, 1.82) is 0 Å². The molecule has 0 aromatic rings. The largest absolute Gasteiger partial charge is 0.0464 e. The van der Waals surface area contributed by atoms with Crippen LogP contribution in [-0.4, -0.2) is 0 Å². The maximum atomic E-state index is 1.71. The molecule has 7 fully saturated rings. The average molecular weight is 170 g/mol. The number of fused-ring (bicyclic) bond motifs is 5. The summed E-state index contributed by atoms with van der Waals surface area (Å²) < 4.78 is 0. The lowest BCUT2D eigenvalue weighted by Gasteiger charge is -2.92. The van der Waals surface area contributed by atoms with Crippen molar-refractivity contribution >= 4 is 0 Å². The minimum Gasteiger partial charge on any atom is -0.0464 e.